The Balaban J connectivity index is 2.41. The Hall–Kier alpha value is -2.21. The fraction of sp³-hybridized carbons (Fsp3) is 0.579. The molecular weight excluding hydrogens is 412 g/mol. The number of hydrogen-bond donors (Lipinski definition) is 3. The number of amides is 2. The second kappa shape index (κ2) is 10.2. The molecule has 0 radical (unpaired) electrons. The van der Waals surface area contributed by atoms with E-state index >= 15 is 0 Å². The van der Waals surface area contributed by atoms with Crippen LogP contribution >= 0.6 is 0 Å². The minimum atomic E-state index is -4.18. The van der Waals surface area contributed by atoms with E-state index in [2.05, 4.69) is 5.32 Å². The molecule has 1 heterocycles. The van der Waals surface area contributed by atoms with Crippen molar-refractivity contribution in [2.24, 2.45) is 11.7 Å². The fourth-order valence-electron chi connectivity index (χ4n) is 3.43. The number of hydrogen-bond acceptors (Lipinski definition) is 8. The minimum Gasteiger partial charge on any atom is -0.497 e. The highest BCUT2D eigenvalue weighted by Gasteiger charge is 2.41. The summed E-state index contributed by atoms with van der Waals surface area (Å²) >= 11 is 0. The normalized spacial score (nSPS) is 17.1. The molecule has 1 aliphatic heterocycles. The smallest absolute Gasteiger partial charge is 0.242 e. The highest BCUT2D eigenvalue weighted by molar-refractivity contribution is 7.92. The molecule has 1 fully saturated rings. The lowest BCUT2D eigenvalue weighted by molar-refractivity contribution is -0.162. The number of ether oxygens (including phenoxy) is 1. The molecular formula is C19H30N4O6S. The summed E-state index contributed by atoms with van der Waals surface area (Å²) in [7, 11) is -2.72. The summed E-state index contributed by atoms with van der Waals surface area (Å²) in [5.74, 6) is -1.34. The highest BCUT2D eigenvalue weighted by atomic mass is 32.2. The number of nitrogens with zero attached hydrogens (tertiary/aromatic N) is 2. The SMILES string of the molecule is COc1ccc(S(=O)(=O)[C@H](CN(O)C(C(N)=O)C(C)C)C(=O)N2CCNCC2)cc1. The molecule has 168 valence electrons. The van der Waals surface area contributed by atoms with Gasteiger partial charge in [-0.1, -0.05) is 13.8 Å². The number of nitrogens with two attached hydrogens (primary N) is 1. The molecule has 2 amide bonds. The van der Waals surface area contributed by atoms with Crippen LogP contribution in [-0.4, -0.2) is 86.5 Å². The quantitative estimate of drug-likeness (QED) is 0.433. The van der Waals surface area contributed by atoms with Gasteiger partial charge in [-0.2, -0.15) is 5.06 Å². The second-order valence-electron chi connectivity index (χ2n) is 7.50. The van der Waals surface area contributed by atoms with Crippen LogP contribution in [0, 0.1) is 5.92 Å². The Morgan fingerprint density at radius 2 is 1.80 bits per heavy atom. The summed E-state index contributed by atoms with van der Waals surface area (Å²) in [6.45, 7) is 4.54. The van der Waals surface area contributed by atoms with E-state index in [1.807, 2.05) is 0 Å². The van der Waals surface area contributed by atoms with Gasteiger partial charge in [-0.25, -0.2) is 8.42 Å². The van der Waals surface area contributed by atoms with Crippen molar-refractivity contribution >= 4 is 21.7 Å². The van der Waals surface area contributed by atoms with Gasteiger partial charge in [0.25, 0.3) is 0 Å². The lowest BCUT2D eigenvalue weighted by atomic mass is 10.0. The van der Waals surface area contributed by atoms with Crippen LogP contribution in [0.3, 0.4) is 0 Å². The zero-order valence-corrected chi connectivity index (χ0v) is 18.3. The van der Waals surface area contributed by atoms with Crippen LogP contribution in [0.5, 0.6) is 5.75 Å². The number of rotatable bonds is 9. The number of carbonyl (C=O) groups excluding carboxylic acids is 2. The van der Waals surface area contributed by atoms with Crippen LogP contribution in [0.15, 0.2) is 29.2 Å². The Bertz CT molecular complexity index is 837. The third-order valence-electron chi connectivity index (χ3n) is 5.06. The van der Waals surface area contributed by atoms with Crippen LogP contribution < -0.4 is 15.8 Å². The average molecular weight is 443 g/mol. The molecule has 0 saturated carbocycles. The first kappa shape index (κ1) is 24.1. The molecule has 4 N–H and O–H groups in total. The van der Waals surface area contributed by atoms with Crippen molar-refractivity contribution in [3.8, 4) is 5.75 Å². The summed E-state index contributed by atoms with van der Waals surface area (Å²) in [5, 5.41) is 12.6. The van der Waals surface area contributed by atoms with Crippen molar-refractivity contribution in [2.45, 2.75) is 30.0 Å². The highest BCUT2D eigenvalue weighted by Crippen LogP contribution is 2.23. The number of hydroxylamine groups is 2. The van der Waals surface area contributed by atoms with Crippen molar-refractivity contribution in [2.75, 3.05) is 39.8 Å². The lowest BCUT2D eigenvalue weighted by Gasteiger charge is -2.33. The van der Waals surface area contributed by atoms with Gasteiger partial charge < -0.3 is 25.9 Å². The lowest BCUT2D eigenvalue weighted by Crippen LogP contribution is -2.56. The average Bonchev–Trinajstić information content (AvgIpc) is 2.71. The van der Waals surface area contributed by atoms with Gasteiger partial charge in [-0.05, 0) is 30.2 Å². The van der Waals surface area contributed by atoms with Gasteiger partial charge in [0.15, 0.2) is 15.1 Å². The van der Waals surface area contributed by atoms with E-state index in [0.29, 0.717) is 37.0 Å². The van der Waals surface area contributed by atoms with E-state index in [9.17, 15) is 23.2 Å². The summed E-state index contributed by atoms with van der Waals surface area (Å²) in [6, 6.07) is 4.53. The minimum absolute atomic E-state index is 0.0784. The first-order valence-electron chi connectivity index (χ1n) is 9.72. The zero-order valence-electron chi connectivity index (χ0n) is 17.4. The van der Waals surface area contributed by atoms with Crippen molar-refractivity contribution in [3.05, 3.63) is 24.3 Å². The third kappa shape index (κ3) is 5.48. The Labute approximate surface area is 176 Å². The number of primary amides is 1. The first-order chi connectivity index (χ1) is 14.1. The number of sulfone groups is 1. The van der Waals surface area contributed by atoms with Crippen LogP contribution in [0.4, 0.5) is 0 Å². The molecule has 1 unspecified atom stereocenters. The number of piperazine rings is 1. The second-order valence-corrected chi connectivity index (χ2v) is 9.63. The summed E-state index contributed by atoms with van der Waals surface area (Å²) in [6.07, 6.45) is 0. The molecule has 1 saturated heterocycles. The Morgan fingerprint density at radius 1 is 1.23 bits per heavy atom. The van der Waals surface area contributed by atoms with Crippen LogP contribution in [0.1, 0.15) is 13.8 Å². The van der Waals surface area contributed by atoms with E-state index in [1.165, 1.54) is 36.3 Å². The maximum absolute atomic E-state index is 13.4. The van der Waals surface area contributed by atoms with Gasteiger partial charge >= 0.3 is 0 Å². The maximum Gasteiger partial charge on any atom is 0.242 e. The largest absolute Gasteiger partial charge is 0.497 e. The number of carbonyl (C=O) groups is 2. The number of methoxy groups -OCH3 is 1. The Morgan fingerprint density at radius 3 is 2.27 bits per heavy atom. The van der Waals surface area contributed by atoms with Gasteiger partial charge in [0.2, 0.25) is 11.8 Å². The monoisotopic (exact) mass is 442 g/mol. The van der Waals surface area contributed by atoms with Gasteiger partial charge in [0, 0.05) is 26.2 Å². The van der Waals surface area contributed by atoms with Crippen LogP contribution in [0.25, 0.3) is 0 Å². The van der Waals surface area contributed by atoms with Crippen molar-refractivity contribution in [3.63, 3.8) is 0 Å². The van der Waals surface area contributed by atoms with E-state index in [1.54, 1.807) is 13.8 Å². The van der Waals surface area contributed by atoms with E-state index in [4.69, 9.17) is 10.5 Å². The van der Waals surface area contributed by atoms with Gasteiger partial charge in [-0.15, -0.1) is 0 Å². The number of benzene rings is 1. The maximum atomic E-state index is 13.4. The zero-order chi connectivity index (χ0) is 22.5. The summed E-state index contributed by atoms with van der Waals surface area (Å²) in [5.41, 5.74) is 5.38. The molecule has 2 rings (SSSR count). The molecule has 10 nitrogen and oxygen atoms in total. The van der Waals surface area contributed by atoms with Crippen molar-refractivity contribution in [1.82, 2.24) is 15.3 Å². The van der Waals surface area contributed by atoms with Gasteiger partial charge in [-0.3, -0.25) is 9.59 Å². The van der Waals surface area contributed by atoms with Crippen LogP contribution in [-0.2, 0) is 19.4 Å². The predicted molar refractivity (Wildman–Crippen MR) is 110 cm³/mol. The van der Waals surface area contributed by atoms with E-state index in [0.717, 1.165) is 0 Å². The van der Waals surface area contributed by atoms with E-state index in [-0.39, 0.29) is 10.8 Å². The molecule has 2 atom stereocenters. The molecule has 1 aromatic rings. The molecule has 0 spiro atoms. The fourth-order valence-corrected chi connectivity index (χ4v) is 5.04. The standard InChI is InChI=1S/C19H30N4O6S/c1-13(2)17(18(20)24)23(26)12-16(19(25)22-10-8-21-9-11-22)30(27,28)15-6-4-14(29-3)5-7-15/h4-7,13,16-17,21,26H,8-12H2,1-3H3,(H2,20,24)/t16-,17?/m1/s1. The van der Waals surface area contributed by atoms with Gasteiger partial charge in [0.1, 0.15) is 11.8 Å². The Kier molecular flexibility index (Phi) is 8.18. The number of nitrogens with one attached hydrogen (secondary N) is 1. The molecule has 0 aliphatic carbocycles. The molecule has 1 aliphatic rings. The summed E-state index contributed by atoms with van der Waals surface area (Å²) in [4.78, 5) is 26.3. The van der Waals surface area contributed by atoms with Crippen molar-refractivity contribution in [1.29, 1.82) is 0 Å². The molecule has 0 aromatic heterocycles. The van der Waals surface area contributed by atoms with Crippen LogP contribution in [0.2, 0.25) is 0 Å². The van der Waals surface area contributed by atoms with Crippen molar-refractivity contribution < 1.29 is 28.0 Å². The van der Waals surface area contributed by atoms with Gasteiger partial charge in [0.05, 0.1) is 18.6 Å². The summed E-state index contributed by atoms with van der Waals surface area (Å²) < 4.78 is 31.8. The molecule has 0 bridgehead atoms. The van der Waals surface area contributed by atoms with E-state index < -0.39 is 39.5 Å². The topological polar surface area (TPSA) is 142 Å². The molecule has 30 heavy (non-hydrogen) atoms. The molecule has 11 heteroatoms. The predicted octanol–water partition coefficient (Wildman–Crippen LogP) is -0.530. The first-order valence-corrected chi connectivity index (χ1v) is 11.3. The third-order valence-corrected chi connectivity index (χ3v) is 7.09. The molecule has 1 aromatic carbocycles.